The molecule has 1 fully saturated rings. The van der Waals surface area contributed by atoms with E-state index in [4.69, 9.17) is 32.7 Å². The molecule has 0 atom stereocenters. The molecule has 1 heterocycles. The van der Waals surface area contributed by atoms with E-state index in [1.54, 1.807) is 12.1 Å². The van der Waals surface area contributed by atoms with Gasteiger partial charge in [0, 0.05) is 11.6 Å². The summed E-state index contributed by atoms with van der Waals surface area (Å²) in [5.41, 5.74) is 2.30. The van der Waals surface area contributed by atoms with Gasteiger partial charge < -0.3 is 9.47 Å². The van der Waals surface area contributed by atoms with Crippen LogP contribution in [0.25, 0.3) is 0 Å². The molecule has 1 aliphatic carbocycles. The van der Waals surface area contributed by atoms with E-state index < -0.39 is 20.7 Å². The minimum Gasteiger partial charge on any atom is -0.489 e. The largest absolute Gasteiger partial charge is 0.489 e. The minimum absolute atomic E-state index is 0.0505. The number of nitriles is 1. The summed E-state index contributed by atoms with van der Waals surface area (Å²) in [5.74, 6) is 1.30. The van der Waals surface area contributed by atoms with Crippen LogP contribution in [0.3, 0.4) is 0 Å². The van der Waals surface area contributed by atoms with E-state index >= 15 is 0 Å². The van der Waals surface area contributed by atoms with Gasteiger partial charge in [0.2, 0.25) is 16.0 Å². The second-order valence-electron chi connectivity index (χ2n) is 9.85. The van der Waals surface area contributed by atoms with Crippen molar-refractivity contribution in [1.29, 1.82) is 5.26 Å². The van der Waals surface area contributed by atoms with Crippen LogP contribution in [0.5, 0.6) is 11.5 Å². The summed E-state index contributed by atoms with van der Waals surface area (Å²) in [5, 5.41) is 9.60. The molecule has 0 radical (unpaired) electrons. The third kappa shape index (κ3) is 6.93. The molecule has 2 aromatic carbocycles. The first-order chi connectivity index (χ1) is 18.6. The lowest BCUT2D eigenvalue weighted by Crippen LogP contribution is -2.26. The van der Waals surface area contributed by atoms with E-state index in [-0.39, 0.29) is 19.2 Å². The Labute approximate surface area is 239 Å². The van der Waals surface area contributed by atoms with E-state index in [1.165, 1.54) is 6.20 Å². The fourth-order valence-corrected chi connectivity index (χ4v) is 6.38. The number of anilines is 1. The molecule has 11 heteroatoms. The van der Waals surface area contributed by atoms with Crippen molar-refractivity contribution >= 4 is 39.2 Å². The lowest BCUT2D eigenvalue weighted by Gasteiger charge is -2.27. The number of alkyl halides is 1. The van der Waals surface area contributed by atoms with Crippen LogP contribution in [0.2, 0.25) is 5.02 Å². The maximum absolute atomic E-state index is 12.6. The molecule has 0 aliphatic heterocycles. The average Bonchev–Trinajstić information content (AvgIpc) is 3.47. The van der Waals surface area contributed by atoms with Crippen LogP contribution in [0, 0.1) is 11.3 Å². The van der Waals surface area contributed by atoms with Crippen LogP contribution < -0.4 is 14.2 Å². The SMILES string of the molecule is CC(C)(c1ccc(OCc2ccnc(NS(=O)(=O)C3CCCC3)n2)cc1)c1cc(Cl)c(OCCCl)c(C#N)c1. The summed E-state index contributed by atoms with van der Waals surface area (Å²) >= 11 is 12.2. The van der Waals surface area contributed by atoms with Crippen LogP contribution in [-0.4, -0.2) is 36.1 Å². The zero-order valence-corrected chi connectivity index (χ0v) is 24.1. The first kappa shape index (κ1) is 28.9. The molecule has 0 saturated heterocycles. The number of rotatable bonds is 11. The van der Waals surface area contributed by atoms with Crippen molar-refractivity contribution in [2.24, 2.45) is 0 Å². The third-order valence-electron chi connectivity index (χ3n) is 6.86. The quantitative estimate of drug-likeness (QED) is 0.265. The number of nitrogens with zero attached hydrogens (tertiary/aromatic N) is 3. The van der Waals surface area contributed by atoms with E-state index in [0.717, 1.165) is 24.0 Å². The molecule has 206 valence electrons. The molecule has 0 bridgehead atoms. The Morgan fingerprint density at radius 2 is 1.82 bits per heavy atom. The summed E-state index contributed by atoms with van der Waals surface area (Å²) < 4.78 is 39.1. The fourth-order valence-electron chi connectivity index (χ4n) is 4.55. The van der Waals surface area contributed by atoms with Gasteiger partial charge in [0.15, 0.2) is 5.75 Å². The van der Waals surface area contributed by atoms with Crippen molar-refractivity contribution in [2.75, 3.05) is 17.2 Å². The maximum Gasteiger partial charge on any atom is 0.237 e. The van der Waals surface area contributed by atoms with Crippen LogP contribution in [-0.2, 0) is 22.0 Å². The van der Waals surface area contributed by atoms with Gasteiger partial charge in [-0.25, -0.2) is 18.4 Å². The predicted molar refractivity (Wildman–Crippen MR) is 152 cm³/mol. The topological polar surface area (TPSA) is 114 Å². The summed E-state index contributed by atoms with van der Waals surface area (Å²) in [4.78, 5) is 8.36. The molecule has 1 aliphatic rings. The number of hydrogen-bond donors (Lipinski definition) is 1. The second-order valence-corrected chi connectivity index (χ2v) is 12.6. The Morgan fingerprint density at radius 1 is 1.10 bits per heavy atom. The molecule has 0 amide bonds. The maximum atomic E-state index is 12.6. The van der Waals surface area contributed by atoms with Gasteiger partial charge >= 0.3 is 0 Å². The highest BCUT2D eigenvalue weighted by Crippen LogP contribution is 2.38. The van der Waals surface area contributed by atoms with Gasteiger partial charge in [-0.3, -0.25) is 4.72 Å². The number of ether oxygens (including phenoxy) is 2. The third-order valence-corrected chi connectivity index (χ3v) is 9.11. The molecule has 1 N–H and O–H groups in total. The Bertz CT molecular complexity index is 1450. The molecule has 39 heavy (non-hydrogen) atoms. The second kappa shape index (κ2) is 12.4. The van der Waals surface area contributed by atoms with Crippen LogP contribution in [0.15, 0.2) is 48.7 Å². The van der Waals surface area contributed by atoms with Crippen molar-refractivity contribution in [1.82, 2.24) is 9.97 Å². The van der Waals surface area contributed by atoms with Gasteiger partial charge in [-0.15, -0.1) is 11.6 Å². The molecular weight excluding hydrogens is 559 g/mol. The lowest BCUT2D eigenvalue weighted by atomic mass is 9.77. The van der Waals surface area contributed by atoms with E-state index in [2.05, 4.69) is 20.8 Å². The summed E-state index contributed by atoms with van der Waals surface area (Å²) in [6, 6.07) is 15.1. The van der Waals surface area contributed by atoms with Crippen LogP contribution in [0.1, 0.15) is 61.9 Å². The molecule has 8 nitrogen and oxygen atoms in total. The zero-order chi connectivity index (χ0) is 28.0. The number of aromatic nitrogens is 2. The molecule has 0 spiro atoms. The van der Waals surface area contributed by atoms with Crippen molar-refractivity contribution in [2.45, 2.75) is 56.8 Å². The summed E-state index contributed by atoms with van der Waals surface area (Å²) in [6.07, 6.45) is 4.66. The Morgan fingerprint density at radius 3 is 2.49 bits per heavy atom. The Balaban J connectivity index is 1.43. The minimum atomic E-state index is -3.51. The van der Waals surface area contributed by atoms with Gasteiger partial charge in [0.05, 0.1) is 27.4 Å². The summed E-state index contributed by atoms with van der Waals surface area (Å²) in [7, 11) is -3.51. The monoisotopic (exact) mass is 588 g/mol. The van der Waals surface area contributed by atoms with Crippen molar-refractivity contribution in [3.63, 3.8) is 0 Å². The highest BCUT2D eigenvalue weighted by Gasteiger charge is 2.29. The number of hydrogen-bond acceptors (Lipinski definition) is 7. The van der Waals surface area contributed by atoms with Crippen LogP contribution >= 0.6 is 23.2 Å². The van der Waals surface area contributed by atoms with Crippen LogP contribution in [0.4, 0.5) is 5.95 Å². The standard InChI is InChI=1S/C28H30Cl2N4O4S/c1-28(2,21-15-19(17-31)26(25(30)16-21)37-14-12-29)20-7-9-23(10-8-20)38-18-22-11-13-32-27(33-22)34-39(35,36)24-5-3-4-6-24/h7-11,13,15-16,24H,3-6,12,14,18H2,1-2H3,(H,32,33,34). The number of halogens is 2. The first-order valence-electron chi connectivity index (χ1n) is 12.6. The van der Waals surface area contributed by atoms with E-state index in [0.29, 0.717) is 46.5 Å². The van der Waals surface area contributed by atoms with Gasteiger partial charge in [-0.05, 0) is 54.3 Å². The van der Waals surface area contributed by atoms with Crippen molar-refractivity contribution in [3.8, 4) is 17.6 Å². The van der Waals surface area contributed by atoms with Gasteiger partial charge in [-0.1, -0.05) is 50.4 Å². The van der Waals surface area contributed by atoms with Gasteiger partial charge in [0.25, 0.3) is 0 Å². The van der Waals surface area contributed by atoms with Gasteiger partial charge in [0.1, 0.15) is 25.0 Å². The number of nitrogens with one attached hydrogen (secondary N) is 1. The molecule has 3 aromatic rings. The molecule has 4 rings (SSSR count). The Hall–Kier alpha value is -3.06. The highest BCUT2D eigenvalue weighted by molar-refractivity contribution is 7.93. The number of benzene rings is 2. The van der Waals surface area contributed by atoms with E-state index in [1.807, 2.05) is 44.2 Å². The normalized spacial score (nSPS) is 14.1. The molecule has 1 aromatic heterocycles. The zero-order valence-electron chi connectivity index (χ0n) is 21.8. The summed E-state index contributed by atoms with van der Waals surface area (Å²) in [6.45, 7) is 4.49. The van der Waals surface area contributed by atoms with Crippen molar-refractivity contribution < 1.29 is 17.9 Å². The smallest absolute Gasteiger partial charge is 0.237 e. The fraction of sp³-hybridized carbons (Fsp3) is 0.393. The Kier molecular flexibility index (Phi) is 9.21. The first-order valence-corrected chi connectivity index (χ1v) is 15.1. The lowest BCUT2D eigenvalue weighted by molar-refractivity contribution is 0.301. The molecule has 1 saturated carbocycles. The predicted octanol–water partition coefficient (Wildman–Crippen LogP) is 6.21. The van der Waals surface area contributed by atoms with Gasteiger partial charge in [-0.2, -0.15) is 5.26 Å². The van der Waals surface area contributed by atoms with E-state index in [9.17, 15) is 13.7 Å². The number of sulfonamides is 1. The average molecular weight is 590 g/mol. The van der Waals surface area contributed by atoms with Crippen molar-refractivity contribution in [3.05, 3.63) is 76.1 Å². The highest BCUT2D eigenvalue weighted by atomic mass is 35.5. The molecular formula is C28H30Cl2N4O4S. The molecule has 0 unspecified atom stereocenters.